The largest absolute Gasteiger partial charge is 0.581 e. The van der Waals surface area contributed by atoms with E-state index in [1.165, 1.54) is 9.13 Å². The maximum atomic E-state index is 5.34. The molecule has 2 heteroatoms. The normalized spacial score (nSPS) is 14.6. The molecule has 10 heavy (non-hydrogen) atoms. The zero-order valence-corrected chi connectivity index (χ0v) is 7.46. The van der Waals surface area contributed by atoms with E-state index < -0.39 is 0 Å². The average Bonchev–Trinajstić information content (AvgIpc) is 2.34. The molecule has 1 heterocycles. The van der Waals surface area contributed by atoms with Crippen molar-refractivity contribution >= 4 is 5.76 Å². The second-order valence-electron chi connectivity index (χ2n) is 2.06. The summed E-state index contributed by atoms with van der Waals surface area (Å²) in [6.07, 6.45) is 0. The summed E-state index contributed by atoms with van der Waals surface area (Å²) in [5, 5.41) is 0. The third-order valence-electron chi connectivity index (χ3n) is 1.39. The maximum absolute atomic E-state index is 5.34. The number of benzene rings is 1. The molecule has 1 aromatic carbocycles. The Hall–Kier alpha value is -0.510. The van der Waals surface area contributed by atoms with Gasteiger partial charge >= 0.3 is 21.6 Å². The standard InChI is InChI=1S/C8H6IO/c1-6-7-4-2-3-5-8(7)9-10-6/h2-5H,1H2/q+1. The van der Waals surface area contributed by atoms with Crippen LogP contribution in [0.3, 0.4) is 0 Å². The maximum Gasteiger partial charge on any atom is 0.581 e. The van der Waals surface area contributed by atoms with Crippen LogP contribution in [0.1, 0.15) is 5.56 Å². The van der Waals surface area contributed by atoms with Crippen LogP contribution in [0.25, 0.3) is 5.76 Å². The molecule has 0 unspecified atom stereocenters. The van der Waals surface area contributed by atoms with Crippen LogP contribution in [0.5, 0.6) is 0 Å². The highest BCUT2D eigenvalue weighted by Gasteiger charge is 2.31. The van der Waals surface area contributed by atoms with Crippen LogP contribution in [0.2, 0.25) is 0 Å². The zero-order valence-electron chi connectivity index (χ0n) is 5.30. The minimum absolute atomic E-state index is 0.217. The molecule has 0 fully saturated rings. The van der Waals surface area contributed by atoms with Crippen LogP contribution in [-0.2, 0) is 3.07 Å². The fraction of sp³-hybridized carbons (Fsp3) is 0. The van der Waals surface area contributed by atoms with Crippen molar-refractivity contribution in [2.75, 3.05) is 0 Å². The monoisotopic (exact) mass is 245 g/mol. The van der Waals surface area contributed by atoms with Gasteiger partial charge < -0.3 is 0 Å². The Kier molecular flexibility index (Phi) is 1.41. The minimum atomic E-state index is -0.217. The van der Waals surface area contributed by atoms with Crippen molar-refractivity contribution < 1.29 is 24.7 Å². The topological polar surface area (TPSA) is 9.23 Å². The fourth-order valence-electron chi connectivity index (χ4n) is 0.884. The second-order valence-corrected chi connectivity index (χ2v) is 4.10. The van der Waals surface area contributed by atoms with Crippen molar-refractivity contribution in [3.63, 3.8) is 0 Å². The number of fused-ring (bicyclic) bond motifs is 1. The molecule has 1 aliphatic heterocycles. The zero-order chi connectivity index (χ0) is 6.97. The lowest BCUT2D eigenvalue weighted by Crippen LogP contribution is -3.60. The minimum Gasteiger partial charge on any atom is -0.250 e. The molecule has 1 nitrogen and oxygen atoms in total. The van der Waals surface area contributed by atoms with E-state index in [9.17, 15) is 0 Å². The van der Waals surface area contributed by atoms with E-state index in [2.05, 4.69) is 18.7 Å². The Labute approximate surface area is 70.5 Å². The molecule has 0 saturated carbocycles. The SMILES string of the molecule is C=C1O[I+]c2ccccc21. The van der Waals surface area contributed by atoms with Gasteiger partial charge in [0.1, 0.15) is 0 Å². The molecule has 0 N–H and O–H groups in total. The van der Waals surface area contributed by atoms with Crippen LogP contribution in [-0.4, -0.2) is 0 Å². The summed E-state index contributed by atoms with van der Waals surface area (Å²) in [5.74, 6) is 0.850. The van der Waals surface area contributed by atoms with Gasteiger partial charge in [-0.25, -0.2) is 3.07 Å². The number of rotatable bonds is 0. The lowest BCUT2D eigenvalue weighted by molar-refractivity contribution is -0.844. The van der Waals surface area contributed by atoms with Gasteiger partial charge in [-0.05, 0) is 18.7 Å². The van der Waals surface area contributed by atoms with E-state index in [4.69, 9.17) is 3.07 Å². The van der Waals surface area contributed by atoms with Gasteiger partial charge in [0.15, 0.2) is 5.76 Å². The number of halogens is 1. The van der Waals surface area contributed by atoms with E-state index in [1.54, 1.807) is 0 Å². The van der Waals surface area contributed by atoms with Crippen molar-refractivity contribution in [2.24, 2.45) is 0 Å². The van der Waals surface area contributed by atoms with Gasteiger partial charge in [0.05, 0.1) is 5.56 Å². The highest BCUT2D eigenvalue weighted by Crippen LogP contribution is 2.12. The van der Waals surface area contributed by atoms with Gasteiger partial charge in [-0.15, -0.1) is 0 Å². The van der Waals surface area contributed by atoms with Crippen LogP contribution in [0.15, 0.2) is 30.8 Å². The quantitative estimate of drug-likeness (QED) is 0.525. The van der Waals surface area contributed by atoms with Gasteiger partial charge in [-0.1, -0.05) is 12.1 Å². The highest BCUT2D eigenvalue weighted by atomic mass is 127. The Morgan fingerprint density at radius 1 is 1.30 bits per heavy atom. The molecule has 0 spiro atoms. The van der Waals surface area contributed by atoms with E-state index in [1.807, 2.05) is 12.1 Å². The predicted molar refractivity (Wildman–Crippen MR) is 35.3 cm³/mol. The second kappa shape index (κ2) is 2.27. The molecule has 0 saturated heterocycles. The van der Waals surface area contributed by atoms with Crippen LogP contribution in [0, 0.1) is 3.57 Å². The molecular formula is C8H6IO+. The molecule has 1 aromatic rings. The Balaban J connectivity index is 2.61. The first-order valence-electron chi connectivity index (χ1n) is 2.98. The van der Waals surface area contributed by atoms with E-state index >= 15 is 0 Å². The molecule has 0 bridgehead atoms. The first-order chi connectivity index (χ1) is 4.88. The lowest BCUT2D eigenvalue weighted by atomic mass is 10.2. The molecule has 1 aliphatic rings. The molecule has 2 rings (SSSR count). The summed E-state index contributed by atoms with van der Waals surface area (Å²) < 4.78 is 6.69. The summed E-state index contributed by atoms with van der Waals surface area (Å²) >= 11 is -0.217. The van der Waals surface area contributed by atoms with Crippen molar-refractivity contribution in [1.29, 1.82) is 0 Å². The molecule has 0 amide bonds. The van der Waals surface area contributed by atoms with Gasteiger partial charge in [-0.3, -0.25) is 0 Å². The average molecular weight is 245 g/mol. The summed E-state index contributed by atoms with van der Waals surface area (Å²) in [5.41, 5.74) is 1.20. The first kappa shape index (κ1) is 6.22. The summed E-state index contributed by atoms with van der Waals surface area (Å²) in [4.78, 5) is 0. The van der Waals surface area contributed by atoms with Crippen molar-refractivity contribution in [3.05, 3.63) is 40.0 Å². The highest BCUT2D eigenvalue weighted by molar-refractivity contribution is 5.57. The third kappa shape index (κ3) is 0.831. The van der Waals surface area contributed by atoms with E-state index in [0.717, 1.165) is 5.76 Å². The smallest absolute Gasteiger partial charge is 0.250 e. The Morgan fingerprint density at radius 3 is 2.90 bits per heavy atom. The Morgan fingerprint density at radius 2 is 2.10 bits per heavy atom. The fourth-order valence-corrected chi connectivity index (χ4v) is 2.70. The van der Waals surface area contributed by atoms with Crippen LogP contribution >= 0.6 is 0 Å². The van der Waals surface area contributed by atoms with Crippen LogP contribution in [0.4, 0.5) is 0 Å². The van der Waals surface area contributed by atoms with Crippen molar-refractivity contribution in [1.82, 2.24) is 0 Å². The number of hydrogen-bond donors (Lipinski definition) is 0. The van der Waals surface area contributed by atoms with Crippen molar-refractivity contribution in [2.45, 2.75) is 0 Å². The van der Waals surface area contributed by atoms with Gasteiger partial charge in [0.2, 0.25) is 3.57 Å². The lowest BCUT2D eigenvalue weighted by Gasteiger charge is -1.84. The molecule has 0 radical (unpaired) electrons. The number of hydrogen-bond acceptors (Lipinski definition) is 1. The summed E-state index contributed by atoms with van der Waals surface area (Å²) in [6.45, 7) is 3.80. The van der Waals surface area contributed by atoms with Gasteiger partial charge in [-0.2, -0.15) is 0 Å². The van der Waals surface area contributed by atoms with E-state index in [0.29, 0.717) is 0 Å². The summed E-state index contributed by atoms with van der Waals surface area (Å²) in [7, 11) is 0. The van der Waals surface area contributed by atoms with Gasteiger partial charge in [0.25, 0.3) is 0 Å². The Bertz CT molecular complexity index is 280. The third-order valence-corrected chi connectivity index (χ3v) is 3.56. The van der Waals surface area contributed by atoms with Crippen molar-refractivity contribution in [3.8, 4) is 0 Å². The molecule has 0 aliphatic carbocycles. The summed E-state index contributed by atoms with van der Waals surface area (Å²) in [6, 6.07) is 8.23. The van der Waals surface area contributed by atoms with E-state index in [-0.39, 0.29) is 21.6 Å². The molecule has 0 atom stereocenters. The molecular weight excluding hydrogens is 239 g/mol. The van der Waals surface area contributed by atoms with Crippen LogP contribution < -0.4 is 21.6 Å². The molecule has 0 aromatic heterocycles. The molecule has 50 valence electrons. The predicted octanol–water partition coefficient (Wildman–Crippen LogP) is -1.14. The van der Waals surface area contributed by atoms with Gasteiger partial charge in [0, 0.05) is 0 Å². The first-order valence-corrected chi connectivity index (χ1v) is 4.94.